The van der Waals surface area contributed by atoms with Crippen molar-refractivity contribution in [1.82, 2.24) is 9.80 Å². The highest BCUT2D eigenvalue weighted by Crippen LogP contribution is 2.44. The van der Waals surface area contributed by atoms with Crippen LogP contribution in [-0.4, -0.2) is 65.0 Å². The van der Waals surface area contributed by atoms with Crippen LogP contribution in [0, 0.1) is 5.41 Å². The van der Waals surface area contributed by atoms with Gasteiger partial charge < -0.3 is 20.2 Å². The molecule has 2 saturated carbocycles. The van der Waals surface area contributed by atoms with Crippen LogP contribution in [0.15, 0.2) is 48.5 Å². The predicted molar refractivity (Wildman–Crippen MR) is 124 cm³/mol. The molecule has 1 aliphatic heterocycles. The second-order valence-electron chi connectivity index (χ2n) is 9.94. The molecule has 5 rings (SSSR count). The Morgan fingerprint density at radius 2 is 1.56 bits per heavy atom. The second-order valence-corrected chi connectivity index (χ2v) is 9.94. The van der Waals surface area contributed by atoms with Gasteiger partial charge in [0.1, 0.15) is 5.60 Å². The monoisotopic (exact) mass is 433 g/mol. The molecule has 2 aliphatic carbocycles. The smallest absolute Gasteiger partial charge is 0.254 e. The highest BCUT2D eigenvalue weighted by molar-refractivity contribution is 5.95. The molecular weight excluding hydrogens is 402 g/mol. The highest BCUT2D eigenvalue weighted by Gasteiger charge is 2.50. The molecule has 3 aliphatic rings. The predicted octanol–water partition coefficient (Wildman–Crippen LogP) is 3.37. The van der Waals surface area contributed by atoms with E-state index in [1.54, 1.807) is 9.80 Å². The summed E-state index contributed by atoms with van der Waals surface area (Å²) in [6, 6.07) is 16.2. The minimum Gasteiger partial charge on any atom is -0.384 e. The van der Waals surface area contributed by atoms with Gasteiger partial charge in [-0.15, -0.1) is 0 Å². The fraction of sp³-hybridized carbons (Fsp3) is 0.462. The third-order valence-electron chi connectivity index (χ3n) is 7.13. The number of rotatable bonds is 6. The maximum atomic E-state index is 12.9. The average molecular weight is 434 g/mol. The van der Waals surface area contributed by atoms with Crippen molar-refractivity contribution < 1.29 is 14.7 Å². The first kappa shape index (κ1) is 21.0. The number of nitrogens with zero attached hydrogens (tertiary/aromatic N) is 2. The normalized spacial score (nSPS) is 20.6. The Labute approximate surface area is 189 Å². The van der Waals surface area contributed by atoms with E-state index < -0.39 is 5.60 Å². The number of carbonyl (C=O) groups is 2. The third kappa shape index (κ3) is 4.37. The van der Waals surface area contributed by atoms with Crippen molar-refractivity contribution in [3.05, 3.63) is 54.1 Å². The minimum atomic E-state index is -1.13. The summed E-state index contributed by atoms with van der Waals surface area (Å²) < 4.78 is 0. The fourth-order valence-electron chi connectivity index (χ4n) is 4.24. The van der Waals surface area contributed by atoms with Crippen LogP contribution in [0.25, 0.3) is 11.1 Å². The minimum absolute atomic E-state index is 0.0122. The van der Waals surface area contributed by atoms with Gasteiger partial charge >= 0.3 is 0 Å². The van der Waals surface area contributed by atoms with E-state index in [0.717, 1.165) is 23.4 Å². The zero-order valence-electron chi connectivity index (χ0n) is 18.6. The Bertz CT molecular complexity index is 1020. The standard InChI is InChI=1S/C26H31N3O3/c1-25(9-10-25)18-27-22-4-2-3-21(17-22)19-5-7-20(8-6-19)23(30)28-13-15-29(16-14-28)24(31)26(32)11-12-26/h2-8,17,27,32H,9-16,18H2,1H3. The number of carbonyl (C=O) groups excluding carboxylic acids is 2. The van der Waals surface area contributed by atoms with E-state index >= 15 is 0 Å². The van der Waals surface area contributed by atoms with Crippen LogP contribution >= 0.6 is 0 Å². The van der Waals surface area contributed by atoms with E-state index in [-0.39, 0.29) is 11.8 Å². The number of benzene rings is 2. The molecule has 0 bridgehead atoms. The number of amides is 2. The second kappa shape index (κ2) is 7.93. The number of hydrogen-bond acceptors (Lipinski definition) is 4. The molecule has 0 atom stereocenters. The van der Waals surface area contributed by atoms with Crippen LogP contribution < -0.4 is 5.32 Å². The summed E-state index contributed by atoms with van der Waals surface area (Å²) in [7, 11) is 0. The lowest BCUT2D eigenvalue weighted by Gasteiger charge is -2.35. The lowest BCUT2D eigenvalue weighted by atomic mass is 10.0. The fourth-order valence-corrected chi connectivity index (χ4v) is 4.24. The molecule has 0 spiro atoms. The number of hydrogen-bond donors (Lipinski definition) is 2. The first-order chi connectivity index (χ1) is 15.4. The molecule has 2 N–H and O–H groups in total. The Hall–Kier alpha value is -2.86. The van der Waals surface area contributed by atoms with E-state index in [1.807, 2.05) is 24.3 Å². The van der Waals surface area contributed by atoms with E-state index in [9.17, 15) is 14.7 Å². The van der Waals surface area contributed by atoms with Crippen molar-refractivity contribution in [2.45, 2.75) is 38.2 Å². The number of piperazine rings is 1. The molecule has 168 valence electrons. The third-order valence-corrected chi connectivity index (χ3v) is 7.13. The lowest BCUT2D eigenvalue weighted by Crippen LogP contribution is -2.53. The van der Waals surface area contributed by atoms with Gasteiger partial charge in [0.15, 0.2) is 0 Å². The maximum absolute atomic E-state index is 12.9. The van der Waals surface area contributed by atoms with Gasteiger partial charge in [0.05, 0.1) is 0 Å². The van der Waals surface area contributed by atoms with E-state index in [1.165, 1.54) is 12.8 Å². The number of aliphatic hydroxyl groups is 1. The van der Waals surface area contributed by atoms with Crippen molar-refractivity contribution in [1.29, 1.82) is 0 Å². The molecule has 2 aromatic rings. The van der Waals surface area contributed by atoms with Crippen molar-refractivity contribution in [2.24, 2.45) is 5.41 Å². The first-order valence-corrected chi connectivity index (χ1v) is 11.6. The Kier molecular flexibility index (Phi) is 5.20. The van der Waals surface area contributed by atoms with Gasteiger partial charge in [-0.1, -0.05) is 31.2 Å². The molecular formula is C26H31N3O3. The first-order valence-electron chi connectivity index (χ1n) is 11.6. The number of nitrogens with one attached hydrogen (secondary N) is 1. The molecule has 6 heteroatoms. The molecule has 1 saturated heterocycles. The molecule has 32 heavy (non-hydrogen) atoms. The molecule has 0 unspecified atom stereocenters. The van der Waals surface area contributed by atoms with Gasteiger partial charge in [-0.05, 0) is 66.5 Å². The summed E-state index contributed by atoms with van der Waals surface area (Å²) in [6.45, 7) is 5.26. The summed E-state index contributed by atoms with van der Waals surface area (Å²) >= 11 is 0. The summed E-state index contributed by atoms with van der Waals surface area (Å²) in [6.07, 6.45) is 3.69. The summed E-state index contributed by atoms with van der Waals surface area (Å²) in [4.78, 5) is 28.7. The van der Waals surface area contributed by atoms with Gasteiger partial charge in [0.25, 0.3) is 11.8 Å². The van der Waals surface area contributed by atoms with Crippen molar-refractivity contribution in [3.63, 3.8) is 0 Å². The van der Waals surface area contributed by atoms with E-state index in [4.69, 9.17) is 0 Å². The molecule has 0 radical (unpaired) electrons. The largest absolute Gasteiger partial charge is 0.384 e. The number of anilines is 1. The molecule has 1 heterocycles. The van der Waals surface area contributed by atoms with E-state index in [2.05, 4.69) is 36.5 Å². The van der Waals surface area contributed by atoms with Crippen LogP contribution in [0.5, 0.6) is 0 Å². The summed E-state index contributed by atoms with van der Waals surface area (Å²) in [5.41, 5.74) is 3.30. The molecule has 0 aromatic heterocycles. The van der Waals surface area contributed by atoms with Crippen LogP contribution in [0.3, 0.4) is 0 Å². The van der Waals surface area contributed by atoms with Crippen LogP contribution in [0.2, 0.25) is 0 Å². The van der Waals surface area contributed by atoms with Gasteiger partial charge in [-0.3, -0.25) is 9.59 Å². The van der Waals surface area contributed by atoms with Crippen LogP contribution in [0.4, 0.5) is 5.69 Å². The topological polar surface area (TPSA) is 72.9 Å². The average Bonchev–Trinajstić information content (AvgIpc) is 3.76. The van der Waals surface area contributed by atoms with Crippen molar-refractivity contribution >= 4 is 17.5 Å². The molecule has 2 amide bonds. The summed E-state index contributed by atoms with van der Waals surface area (Å²) in [5.74, 6) is -0.196. The van der Waals surface area contributed by atoms with Gasteiger partial charge in [-0.2, -0.15) is 0 Å². The SMILES string of the molecule is CC1(CNc2cccc(-c3ccc(C(=O)N4CCN(C(=O)C5(O)CC5)CC4)cc3)c2)CC1. The maximum Gasteiger partial charge on any atom is 0.254 e. The quantitative estimate of drug-likeness (QED) is 0.733. The van der Waals surface area contributed by atoms with Crippen molar-refractivity contribution in [2.75, 3.05) is 38.0 Å². The van der Waals surface area contributed by atoms with Crippen molar-refractivity contribution in [3.8, 4) is 11.1 Å². The van der Waals surface area contributed by atoms with Gasteiger partial charge in [0, 0.05) is 44.0 Å². The zero-order valence-corrected chi connectivity index (χ0v) is 18.6. The zero-order chi connectivity index (χ0) is 22.3. The highest BCUT2D eigenvalue weighted by atomic mass is 16.3. The van der Waals surface area contributed by atoms with E-state index in [0.29, 0.717) is 50.0 Å². The van der Waals surface area contributed by atoms with Crippen LogP contribution in [-0.2, 0) is 4.79 Å². The summed E-state index contributed by atoms with van der Waals surface area (Å²) in [5, 5.41) is 13.6. The Morgan fingerprint density at radius 1 is 0.906 bits per heavy atom. The lowest BCUT2D eigenvalue weighted by molar-refractivity contribution is -0.143. The van der Waals surface area contributed by atoms with Gasteiger partial charge in [0.2, 0.25) is 0 Å². The van der Waals surface area contributed by atoms with Crippen LogP contribution in [0.1, 0.15) is 43.0 Å². The molecule has 3 fully saturated rings. The Balaban J connectivity index is 1.19. The Morgan fingerprint density at radius 3 is 2.19 bits per heavy atom. The molecule has 6 nitrogen and oxygen atoms in total. The molecule has 2 aromatic carbocycles. The van der Waals surface area contributed by atoms with Gasteiger partial charge in [-0.25, -0.2) is 0 Å².